The molecule has 0 N–H and O–H groups in total. The summed E-state index contributed by atoms with van der Waals surface area (Å²) in [5.74, 6) is 4.65. The lowest BCUT2D eigenvalue weighted by molar-refractivity contribution is -0.163. The van der Waals surface area contributed by atoms with Crippen LogP contribution in [0.3, 0.4) is 0 Å². The van der Waals surface area contributed by atoms with Gasteiger partial charge in [-0.15, -0.1) is 0 Å². The molecule has 4 heteroatoms. The first-order valence-electron chi connectivity index (χ1n) is 14.3. The zero-order valence-electron chi connectivity index (χ0n) is 22.8. The number of carbonyl (C=O) groups is 1. The van der Waals surface area contributed by atoms with Crippen LogP contribution < -0.4 is 0 Å². The van der Waals surface area contributed by atoms with Gasteiger partial charge in [0.1, 0.15) is 0 Å². The van der Waals surface area contributed by atoms with E-state index >= 15 is 0 Å². The zero-order valence-corrected chi connectivity index (χ0v) is 23.8. The molecule has 0 amide bonds. The summed E-state index contributed by atoms with van der Waals surface area (Å²) in [4.78, 5) is 11.9. The van der Waals surface area contributed by atoms with Crippen LogP contribution in [0.25, 0.3) is 0 Å². The number of hydrogen-bond acceptors (Lipinski definition) is 3. The van der Waals surface area contributed by atoms with Crippen molar-refractivity contribution < 1.29 is 14.0 Å². The van der Waals surface area contributed by atoms with Gasteiger partial charge in [-0.3, -0.25) is 4.79 Å². The highest BCUT2D eigenvalue weighted by molar-refractivity contribution is 6.71. The van der Waals surface area contributed by atoms with E-state index < -0.39 is 8.32 Å². The highest BCUT2D eigenvalue weighted by Crippen LogP contribution is 2.69. The lowest BCUT2D eigenvalue weighted by Gasteiger charge is -2.63. The molecule has 4 saturated carbocycles. The maximum absolute atomic E-state index is 11.9. The van der Waals surface area contributed by atoms with Crippen LogP contribution in [-0.4, -0.2) is 27.5 Å². The quantitative estimate of drug-likeness (QED) is 0.277. The summed E-state index contributed by atoms with van der Waals surface area (Å²) < 4.78 is 12.3. The summed E-state index contributed by atoms with van der Waals surface area (Å²) >= 11 is 0. The number of rotatable bonds is 7. The van der Waals surface area contributed by atoms with Crippen LogP contribution >= 0.6 is 0 Å². The van der Waals surface area contributed by atoms with Gasteiger partial charge in [-0.1, -0.05) is 40.5 Å². The molecule has 4 rings (SSSR count). The minimum absolute atomic E-state index is 0.0545. The fourth-order valence-corrected chi connectivity index (χ4v) is 10.8. The summed E-state index contributed by atoms with van der Waals surface area (Å²) in [5.41, 5.74) is 0.796. The molecule has 0 unspecified atom stereocenters. The smallest absolute Gasteiger partial charge is 0.305 e. The highest BCUT2D eigenvalue weighted by Gasteiger charge is 2.64. The second-order valence-corrected chi connectivity index (χ2v) is 18.0. The minimum Gasteiger partial charge on any atom is -0.469 e. The van der Waals surface area contributed by atoms with Crippen molar-refractivity contribution in [1.82, 2.24) is 0 Å². The molecule has 33 heavy (non-hydrogen) atoms. The van der Waals surface area contributed by atoms with E-state index in [1.807, 2.05) is 0 Å². The maximum Gasteiger partial charge on any atom is 0.305 e. The molecule has 4 fully saturated rings. The SMILES string of the molecule is CC[Si](C)(C)O[C@@H]1C[C@H]2[C@@H](CC[C@H]3CCCC[C@@]32C)[C@@H]2CC[C@H]([C@H](C)CCC(=O)OC)[C@@]12C. The van der Waals surface area contributed by atoms with E-state index in [0.717, 1.165) is 30.1 Å². The number of methoxy groups -OCH3 is 1. The summed E-state index contributed by atoms with van der Waals surface area (Å²) in [6, 6.07) is 1.20. The first-order chi connectivity index (χ1) is 15.6. The fraction of sp³-hybridized carbons (Fsp3) is 0.966. The predicted octanol–water partition coefficient (Wildman–Crippen LogP) is 7.84. The predicted molar refractivity (Wildman–Crippen MR) is 138 cm³/mol. The van der Waals surface area contributed by atoms with Crippen molar-refractivity contribution >= 4 is 14.3 Å². The van der Waals surface area contributed by atoms with Crippen LogP contribution in [0.4, 0.5) is 0 Å². The number of fused-ring (bicyclic) bond motifs is 5. The molecule has 4 aliphatic carbocycles. The zero-order chi connectivity index (χ0) is 24.0. The molecule has 0 aromatic rings. The van der Waals surface area contributed by atoms with Gasteiger partial charge in [0.05, 0.1) is 13.2 Å². The third-order valence-electron chi connectivity index (χ3n) is 11.8. The number of hydrogen-bond donors (Lipinski definition) is 0. The molecule has 0 aromatic heterocycles. The summed E-state index contributed by atoms with van der Waals surface area (Å²) in [6.45, 7) is 14.9. The molecule has 0 aromatic carbocycles. The lowest BCUT2D eigenvalue weighted by atomic mass is 9.44. The average Bonchev–Trinajstić information content (AvgIpc) is 3.15. The van der Waals surface area contributed by atoms with Crippen molar-refractivity contribution in [1.29, 1.82) is 0 Å². The van der Waals surface area contributed by atoms with E-state index in [9.17, 15) is 4.79 Å². The molecule has 0 aliphatic heterocycles. The Bertz CT molecular complexity index is 707. The Morgan fingerprint density at radius 3 is 2.52 bits per heavy atom. The molecule has 0 saturated heterocycles. The maximum atomic E-state index is 11.9. The molecule has 4 aliphatic rings. The van der Waals surface area contributed by atoms with E-state index in [-0.39, 0.29) is 11.4 Å². The second-order valence-electron chi connectivity index (χ2n) is 13.5. The van der Waals surface area contributed by atoms with Crippen LogP contribution in [0.2, 0.25) is 19.1 Å². The first kappa shape index (κ1) is 25.7. The van der Waals surface area contributed by atoms with Gasteiger partial charge in [-0.05, 0) is 117 Å². The van der Waals surface area contributed by atoms with Crippen molar-refractivity contribution in [3.8, 4) is 0 Å². The van der Waals surface area contributed by atoms with Crippen LogP contribution in [0, 0.1) is 46.3 Å². The van der Waals surface area contributed by atoms with Crippen molar-refractivity contribution in [3.05, 3.63) is 0 Å². The topological polar surface area (TPSA) is 35.5 Å². The van der Waals surface area contributed by atoms with E-state index in [4.69, 9.17) is 9.16 Å². The summed E-state index contributed by atoms with van der Waals surface area (Å²) in [6.07, 6.45) is 14.6. The number of ether oxygens (including phenoxy) is 1. The van der Waals surface area contributed by atoms with Gasteiger partial charge in [0, 0.05) is 6.42 Å². The first-order valence-corrected chi connectivity index (χ1v) is 17.4. The number of carbonyl (C=O) groups excluding carboxylic acids is 1. The van der Waals surface area contributed by atoms with Gasteiger partial charge in [-0.2, -0.15) is 0 Å². The monoisotopic (exact) mass is 476 g/mol. The summed E-state index contributed by atoms with van der Waals surface area (Å²) in [7, 11) is -0.158. The lowest BCUT2D eigenvalue weighted by Crippen LogP contribution is -2.60. The molecule has 9 atom stereocenters. The van der Waals surface area contributed by atoms with E-state index in [1.54, 1.807) is 0 Å². The molecular formula is C29H52O3Si. The van der Waals surface area contributed by atoms with Crippen molar-refractivity contribution in [3.63, 3.8) is 0 Å². The standard InChI is InChI=1S/C29H52O3Si/c1-8-33(6,7)32-26-19-25-22(14-13-21-11-9-10-18-28(21,25)3)24-16-15-23(29(24,26)4)20(2)12-17-27(30)31-5/h20-26H,8-19H2,1-7H3/t20-,21-,22+,23-,24+,25+,26-,28+,29-/m1/s1. The van der Waals surface area contributed by atoms with Crippen LogP contribution in [0.15, 0.2) is 0 Å². The second kappa shape index (κ2) is 9.60. The Kier molecular flexibility index (Phi) is 7.48. The molecular weight excluding hydrogens is 424 g/mol. The Balaban J connectivity index is 1.65. The molecule has 190 valence electrons. The van der Waals surface area contributed by atoms with Crippen molar-refractivity contribution in [2.45, 2.75) is 124 Å². The molecule has 0 radical (unpaired) electrons. The van der Waals surface area contributed by atoms with Crippen LogP contribution in [-0.2, 0) is 14.0 Å². The van der Waals surface area contributed by atoms with Crippen molar-refractivity contribution in [2.75, 3.05) is 7.11 Å². The van der Waals surface area contributed by atoms with Crippen molar-refractivity contribution in [2.24, 2.45) is 46.3 Å². The fourth-order valence-electron chi connectivity index (χ4n) is 9.49. The Morgan fingerprint density at radius 2 is 1.82 bits per heavy atom. The normalized spacial score (nSPS) is 43.8. The Morgan fingerprint density at radius 1 is 1.06 bits per heavy atom. The van der Waals surface area contributed by atoms with Gasteiger partial charge in [-0.25, -0.2) is 0 Å². The van der Waals surface area contributed by atoms with Crippen LogP contribution in [0.5, 0.6) is 0 Å². The minimum atomic E-state index is -1.68. The highest BCUT2D eigenvalue weighted by atomic mass is 28.4. The largest absolute Gasteiger partial charge is 0.469 e. The molecule has 3 nitrogen and oxygen atoms in total. The van der Waals surface area contributed by atoms with E-state index in [0.29, 0.717) is 29.8 Å². The summed E-state index contributed by atoms with van der Waals surface area (Å²) in [5, 5.41) is 0. The molecule has 0 spiro atoms. The van der Waals surface area contributed by atoms with Gasteiger partial charge >= 0.3 is 5.97 Å². The van der Waals surface area contributed by atoms with E-state index in [2.05, 4.69) is 40.8 Å². The van der Waals surface area contributed by atoms with Gasteiger partial charge in [0.25, 0.3) is 0 Å². The Labute approximate surface area is 205 Å². The average molecular weight is 477 g/mol. The van der Waals surface area contributed by atoms with Gasteiger partial charge in [0.2, 0.25) is 0 Å². The third-order valence-corrected chi connectivity index (χ3v) is 14.4. The van der Waals surface area contributed by atoms with E-state index in [1.165, 1.54) is 70.9 Å². The number of esters is 1. The van der Waals surface area contributed by atoms with Gasteiger partial charge in [0.15, 0.2) is 8.32 Å². The Hall–Kier alpha value is -0.353. The molecule has 0 bridgehead atoms. The third kappa shape index (κ3) is 4.50. The van der Waals surface area contributed by atoms with Gasteiger partial charge < -0.3 is 9.16 Å². The van der Waals surface area contributed by atoms with Crippen LogP contribution in [0.1, 0.15) is 98.3 Å². The molecule has 0 heterocycles.